The number of carbonyl (C=O) groups excluding carboxylic acids is 1. The van der Waals surface area contributed by atoms with Crippen LogP contribution < -0.4 is 0 Å². The lowest BCUT2D eigenvalue weighted by Gasteiger charge is -2.21. The second-order valence-electron chi connectivity index (χ2n) is 6.75. The molecule has 0 atom stereocenters. The topological polar surface area (TPSA) is 59.2 Å². The van der Waals surface area contributed by atoms with Crippen LogP contribution in [-0.2, 0) is 17.8 Å². The lowest BCUT2D eigenvalue weighted by molar-refractivity contribution is -0.132. The molecule has 2 aromatic heterocycles. The summed E-state index contributed by atoms with van der Waals surface area (Å²) in [6, 6.07) is 10.4. The van der Waals surface area contributed by atoms with E-state index < -0.39 is 0 Å². The number of hydrogen-bond donors (Lipinski definition) is 0. The summed E-state index contributed by atoms with van der Waals surface area (Å²) in [5, 5.41) is 12.4. The fourth-order valence-electron chi connectivity index (χ4n) is 2.91. The maximum absolute atomic E-state index is 12.7. The second-order valence-corrected chi connectivity index (χ2v) is 7.53. The van der Waals surface area contributed by atoms with Gasteiger partial charge < -0.3 is 9.32 Å². The quantitative estimate of drug-likeness (QED) is 0.627. The highest BCUT2D eigenvalue weighted by Gasteiger charge is 2.32. The Bertz CT molecular complexity index is 867. The molecular formula is C20H21N3O2S. The largest absolute Gasteiger partial charge is 0.421 e. The van der Waals surface area contributed by atoms with Gasteiger partial charge in [-0.2, -0.15) is 11.3 Å². The molecule has 3 aromatic rings. The Balaban J connectivity index is 1.37. The summed E-state index contributed by atoms with van der Waals surface area (Å²) >= 11 is 1.67. The Labute approximate surface area is 156 Å². The lowest BCUT2D eigenvalue weighted by Crippen LogP contribution is -2.32. The van der Waals surface area contributed by atoms with Crippen molar-refractivity contribution in [2.75, 3.05) is 0 Å². The number of rotatable bonds is 7. The monoisotopic (exact) mass is 367 g/mol. The summed E-state index contributed by atoms with van der Waals surface area (Å²) in [6.45, 7) is 2.74. The van der Waals surface area contributed by atoms with Crippen molar-refractivity contribution >= 4 is 17.2 Å². The third-order valence-electron chi connectivity index (χ3n) is 4.56. The van der Waals surface area contributed by atoms with Gasteiger partial charge in [0.25, 0.3) is 0 Å². The van der Waals surface area contributed by atoms with Crippen molar-refractivity contribution in [2.24, 2.45) is 0 Å². The first-order chi connectivity index (χ1) is 12.7. The fraction of sp³-hybridized carbons (Fsp3) is 0.350. The molecule has 0 N–H and O–H groups in total. The van der Waals surface area contributed by atoms with Crippen LogP contribution in [0, 0.1) is 6.92 Å². The van der Waals surface area contributed by atoms with Crippen LogP contribution in [0.3, 0.4) is 0 Å². The van der Waals surface area contributed by atoms with Crippen molar-refractivity contribution in [3.8, 4) is 11.5 Å². The fourth-order valence-corrected chi connectivity index (χ4v) is 3.57. The Morgan fingerprint density at radius 3 is 2.73 bits per heavy atom. The van der Waals surface area contributed by atoms with E-state index in [-0.39, 0.29) is 5.91 Å². The number of hydrogen-bond acceptors (Lipinski definition) is 5. The molecule has 2 heterocycles. The highest BCUT2D eigenvalue weighted by molar-refractivity contribution is 7.07. The second kappa shape index (κ2) is 7.41. The van der Waals surface area contributed by atoms with Crippen molar-refractivity contribution in [2.45, 2.75) is 45.2 Å². The zero-order valence-corrected chi connectivity index (χ0v) is 15.5. The van der Waals surface area contributed by atoms with Gasteiger partial charge in [0, 0.05) is 31.0 Å². The van der Waals surface area contributed by atoms with Gasteiger partial charge >= 0.3 is 0 Å². The maximum atomic E-state index is 12.7. The van der Waals surface area contributed by atoms with Crippen LogP contribution in [0.5, 0.6) is 0 Å². The van der Waals surface area contributed by atoms with Crippen LogP contribution in [0.25, 0.3) is 11.5 Å². The Morgan fingerprint density at radius 1 is 1.23 bits per heavy atom. The van der Waals surface area contributed by atoms with Gasteiger partial charge in [-0.3, -0.25) is 4.79 Å². The molecule has 134 valence electrons. The Morgan fingerprint density at radius 2 is 2.04 bits per heavy atom. The Hall–Kier alpha value is -2.47. The van der Waals surface area contributed by atoms with Crippen LogP contribution in [0.2, 0.25) is 0 Å². The first kappa shape index (κ1) is 17.0. The van der Waals surface area contributed by atoms with E-state index in [1.807, 2.05) is 36.1 Å². The summed E-state index contributed by atoms with van der Waals surface area (Å²) in [5.41, 5.74) is 3.29. The minimum Gasteiger partial charge on any atom is -0.421 e. The molecule has 1 aliphatic carbocycles. The van der Waals surface area contributed by atoms with Gasteiger partial charge in [0.15, 0.2) is 0 Å². The minimum absolute atomic E-state index is 0.161. The minimum atomic E-state index is 0.161. The van der Waals surface area contributed by atoms with E-state index in [2.05, 4.69) is 27.0 Å². The number of thiophene rings is 1. The van der Waals surface area contributed by atoms with Crippen LogP contribution >= 0.6 is 11.3 Å². The summed E-state index contributed by atoms with van der Waals surface area (Å²) in [6.07, 6.45) is 3.09. The normalized spacial score (nSPS) is 13.7. The average molecular weight is 367 g/mol. The highest BCUT2D eigenvalue weighted by atomic mass is 32.1. The van der Waals surface area contributed by atoms with Gasteiger partial charge in [-0.25, -0.2) is 0 Å². The molecule has 1 fully saturated rings. The number of benzene rings is 1. The molecule has 0 unspecified atom stereocenters. The smallest absolute Gasteiger partial charge is 0.247 e. The molecule has 0 spiro atoms. The molecule has 0 radical (unpaired) electrons. The summed E-state index contributed by atoms with van der Waals surface area (Å²) in [7, 11) is 0. The molecular weight excluding hydrogens is 346 g/mol. The molecule has 1 aliphatic rings. The summed E-state index contributed by atoms with van der Waals surface area (Å²) in [5.74, 6) is 1.18. The van der Waals surface area contributed by atoms with Gasteiger partial charge in [0.2, 0.25) is 17.7 Å². The molecule has 0 saturated heterocycles. The number of aromatic nitrogens is 2. The van der Waals surface area contributed by atoms with E-state index in [1.165, 1.54) is 11.1 Å². The third-order valence-corrected chi connectivity index (χ3v) is 5.29. The van der Waals surface area contributed by atoms with Gasteiger partial charge in [-0.1, -0.05) is 17.7 Å². The molecule has 0 bridgehead atoms. The average Bonchev–Trinajstić information content (AvgIpc) is 3.16. The summed E-state index contributed by atoms with van der Waals surface area (Å²) < 4.78 is 5.73. The maximum Gasteiger partial charge on any atom is 0.247 e. The van der Waals surface area contributed by atoms with Crippen LogP contribution in [-0.4, -0.2) is 27.0 Å². The molecule has 26 heavy (non-hydrogen) atoms. The lowest BCUT2D eigenvalue weighted by atomic mass is 10.1. The van der Waals surface area contributed by atoms with Crippen LogP contribution in [0.4, 0.5) is 0 Å². The van der Waals surface area contributed by atoms with E-state index in [9.17, 15) is 4.79 Å². The van der Waals surface area contributed by atoms with Crippen molar-refractivity contribution in [3.63, 3.8) is 0 Å². The molecule has 1 saturated carbocycles. The molecule has 6 heteroatoms. The van der Waals surface area contributed by atoms with Gasteiger partial charge in [-0.05, 0) is 54.3 Å². The molecule has 0 aliphatic heterocycles. The van der Waals surface area contributed by atoms with Crippen molar-refractivity contribution in [3.05, 3.63) is 58.1 Å². The van der Waals surface area contributed by atoms with Crippen LogP contribution in [0.1, 0.15) is 36.3 Å². The number of amides is 1. The van der Waals surface area contributed by atoms with Crippen LogP contribution in [0.15, 0.2) is 45.5 Å². The first-order valence-corrected chi connectivity index (χ1v) is 9.83. The van der Waals surface area contributed by atoms with E-state index in [1.54, 1.807) is 11.3 Å². The zero-order chi connectivity index (χ0) is 17.9. The van der Waals surface area contributed by atoms with Gasteiger partial charge in [0.05, 0.1) is 0 Å². The van der Waals surface area contributed by atoms with Gasteiger partial charge in [0.1, 0.15) is 0 Å². The first-order valence-electron chi connectivity index (χ1n) is 8.89. The summed E-state index contributed by atoms with van der Waals surface area (Å²) in [4.78, 5) is 14.7. The SMILES string of the molecule is Cc1ccc(-c2nnc(CCC(=O)N(Cc3ccsc3)C3CC3)o2)cc1. The number of carbonyl (C=O) groups is 1. The number of aryl methyl sites for hydroxylation is 2. The van der Waals surface area contributed by atoms with E-state index in [0.717, 1.165) is 18.4 Å². The van der Waals surface area contributed by atoms with Gasteiger partial charge in [-0.15, -0.1) is 10.2 Å². The molecule has 1 amide bonds. The molecule has 5 nitrogen and oxygen atoms in total. The van der Waals surface area contributed by atoms with E-state index in [4.69, 9.17) is 4.42 Å². The number of nitrogens with zero attached hydrogens (tertiary/aromatic N) is 3. The van der Waals surface area contributed by atoms with Crippen molar-refractivity contribution < 1.29 is 9.21 Å². The van der Waals surface area contributed by atoms with Crippen molar-refractivity contribution in [1.82, 2.24) is 15.1 Å². The molecule has 4 rings (SSSR count). The zero-order valence-electron chi connectivity index (χ0n) is 14.7. The predicted octanol–water partition coefficient (Wildman–Crippen LogP) is 4.23. The standard InChI is InChI=1S/C20H21N3O2S/c1-14-2-4-16(5-3-14)20-22-21-18(25-20)8-9-19(24)23(17-6-7-17)12-15-10-11-26-13-15/h2-5,10-11,13,17H,6-9,12H2,1H3. The Kier molecular flexibility index (Phi) is 4.84. The molecule has 1 aromatic carbocycles. The van der Waals surface area contributed by atoms with E-state index in [0.29, 0.717) is 37.2 Å². The predicted molar refractivity (Wildman–Crippen MR) is 101 cm³/mol. The van der Waals surface area contributed by atoms with Crippen molar-refractivity contribution in [1.29, 1.82) is 0 Å². The van der Waals surface area contributed by atoms with E-state index >= 15 is 0 Å². The third kappa shape index (κ3) is 4.02. The highest BCUT2D eigenvalue weighted by Crippen LogP contribution is 2.29.